The molecular formula is C21H28N2O2. The number of pyridine rings is 1. The van der Waals surface area contributed by atoms with Gasteiger partial charge in [0.15, 0.2) is 5.75 Å². The Bertz CT molecular complexity index is 639. The molecule has 2 unspecified atom stereocenters. The standard InChI is InChI=1S/C21H28N2O2/c1-16(2)15-24-21-19(11-7-13-23-21)25-20(17-8-4-3-5-9-17)18-10-6-12-22-14-18/h3-5,7-9,11,13,16,18,20,22H,6,10,12,14-15H2,1-2H3. The minimum atomic E-state index is -0.000370. The second-order valence-corrected chi connectivity index (χ2v) is 7.07. The van der Waals surface area contributed by atoms with E-state index in [9.17, 15) is 0 Å². The zero-order valence-electron chi connectivity index (χ0n) is 15.2. The Labute approximate surface area is 150 Å². The molecule has 25 heavy (non-hydrogen) atoms. The quantitative estimate of drug-likeness (QED) is 0.819. The summed E-state index contributed by atoms with van der Waals surface area (Å²) >= 11 is 0. The van der Waals surface area contributed by atoms with Gasteiger partial charge in [0.1, 0.15) is 6.10 Å². The first kappa shape index (κ1) is 17.7. The molecule has 1 N–H and O–H groups in total. The molecule has 0 aliphatic carbocycles. The molecule has 2 atom stereocenters. The fourth-order valence-electron chi connectivity index (χ4n) is 3.17. The van der Waals surface area contributed by atoms with Crippen LogP contribution in [0.4, 0.5) is 0 Å². The van der Waals surface area contributed by atoms with Crippen molar-refractivity contribution in [3.63, 3.8) is 0 Å². The zero-order valence-corrected chi connectivity index (χ0v) is 15.2. The molecule has 0 amide bonds. The zero-order chi connectivity index (χ0) is 17.5. The highest BCUT2D eigenvalue weighted by atomic mass is 16.5. The smallest absolute Gasteiger partial charge is 0.257 e. The van der Waals surface area contributed by atoms with E-state index in [1.54, 1.807) is 6.20 Å². The highest BCUT2D eigenvalue weighted by Gasteiger charge is 2.27. The van der Waals surface area contributed by atoms with Gasteiger partial charge in [0.05, 0.1) is 6.61 Å². The molecule has 4 heteroatoms. The average molecular weight is 340 g/mol. The Balaban J connectivity index is 1.83. The van der Waals surface area contributed by atoms with Crippen LogP contribution in [-0.2, 0) is 0 Å². The van der Waals surface area contributed by atoms with Crippen LogP contribution >= 0.6 is 0 Å². The maximum absolute atomic E-state index is 6.48. The lowest BCUT2D eigenvalue weighted by Crippen LogP contribution is -2.35. The minimum absolute atomic E-state index is 0.000370. The fraction of sp³-hybridized carbons (Fsp3) is 0.476. The van der Waals surface area contributed by atoms with E-state index in [0.717, 1.165) is 25.3 Å². The first-order valence-corrected chi connectivity index (χ1v) is 9.24. The van der Waals surface area contributed by atoms with Gasteiger partial charge in [0, 0.05) is 18.7 Å². The van der Waals surface area contributed by atoms with Crippen LogP contribution in [0.3, 0.4) is 0 Å². The summed E-state index contributed by atoms with van der Waals surface area (Å²) in [4.78, 5) is 4.38. The van der Waals surface area contributed by atoms with E-state index in [1.165, 1.54) is 12.0 Å². The summed E-state index contributed by atoms with van der Waals surface area (Å²) in [5.41, 5.74) is 1.20. The van der Waals surface area contributed by atoms with E-state index >= 15 is 0 Å². The molecule has 2 heterocycles. The summed E-state index contributed by atoms with van der Waals surface area (Å²) < 4.78 is 12.3. The van der Waals surface area contributed by atoms with Crippen molar-refractivity contribution in [3.05, 3.63) is 54.2 Å². The van der Waals surface area contributed by atoms with Gasteiger partial charge in [-0.1, -0.05) is 44.2 Å². The number of hydrogen-bond acceptors (Lipinski definition) is 4. The molecule has 1 saturated heterocycles. The van der Waals surface area contributed by atoms with Crippen LogP contribution in [0.5, 0.6) is 11.6 Å². The third-order valence-electron chi connectivity index (χ3n) is 4.43. The Kier molecular flexibility index (Phi) is 6.29. The number of nitrogens with zero attached hydrogens (tertiary/aromatic N) is 1. The summed E-state index contributed by atoms with van der Waals surface area (Å²) in [6.45, 7) is 6.96. The van der Waals surface area contributed by atoms with Crippen LogP contribution < -0.4 is 14.8 Å². The van der Waals surface area contributed by atoms with Crippen molar-refractivity contribution in [1.29, 1.82) is 0 Å². The number of ether oxygens (including phenoxy) is 2. The first-order chi connectivity index (χ1) is 12.2. The van der Waals surface area contributed by atoms with Gasteiger partial charge in [-0.25, -0.2) is 4.98 Å². The molecule has 0 spiro atoms. The van der Waals surface area contributed by atoms with Gasteiger partial charge >= 0.3 is 0 Å². The number of aromatic nitrogens is 1. The van der Waals surface area contributed by atoms with E-state index in [1.807, 2.05) is 18.2 Å². The van der Waals surface area contributed by atoms with Gasteiger partial charge in [-0.15, -0.1) is 0 Å². The van der Waals surface area contributed by atoms with E-state index in [2.05, 4.69) is 48.4 Å². The maximum Gasteiger partial charge on any atom is 0.257 e. The van der Waals surface area contributed by atoms with Crippen molar-refractivity contribution in [2.75, 3.05) is 19.7 Å². The molecule has 1 aliphatic heterocycles. The first-order valence-electron chi connectivity index (χ1n) is 9.24. The number of piperidine rings is 1. The average Bonchev–Trinajstić information content (AvgIpc) is 2.66. The molecule has 3 rings (SSSR count). The predicted octanol–water partition coefficient (Wildman–Crippen LogP) is 4.24. The Hall–Kier alpha value is -2.07. The molecule has 4 nitrogen and oxygen atoms in total. The molecule has 0 saturated carbocycles. The highest BCUT2D eigenvalue weighted by molar-refractivity contribution is 5.34. The van der Waals surface area contributed by atoms with Gasteiger partial charge in [-0.05, 0) is 43.0 Å². The second-order valence-electron chi connectivity index (χ2n) is 7.07. The topological polar surface area (TPSA) is 43.4 Å². The van der Waals surface area contributed by atoms with Crippen molar-refractivity contribution in [3.8, 4) is 11.6 Å². The normalized spacial score (nSPS) is 18.8. The summed E-state index contributed by atoms with van der Waals surface area (Å²) in [6.07, 6.45) is 4.10. The van der Waals surface area contributed by atoms with E-state index in [4.69, 9.17) is 9.47 Å². The molecule has 1 aromatic heterocycles. The van der Waals surface area contributed by atoms with E-state index in [-0.39, 0.29) is 6.10 Å². The van der Waals surface area contributed by atoms with Crippen LogP contribution in [-0.4, -0.2) is 24.7 Å². The predicted molar refractivity (Wildman–Crippen MR) is 100.0 cm³/mol. The molecular weight excluding hydrogens is 312 g/mol. The van der Waals surface area contributed by atoms with Gasteiger partial charge in [-0.2, -0.15) is 0 Å². The molecule has 0 radical (unpaired) electrons. The van der Waals surface area contributed by atoms with Crippen LogP contribution in [0.25, 0.3) is 0 Å². The van der Waals surface area contributed by atoms with Gasteiger partial charge in [-0.3, -0.25) is 0 Å². The third kappa shape index (κ3) is 4.95. The van der Waals surface area contributed by atoms with Crippen molar-refractivity contribution in [1.82, 2.24) is 10.3 Å². The number of rotatable bonds is 7. The van der Waals surface area contributed by atoms with Crippen molar-refractivity contribution < 1.29 is 9.47 Å². The lowest BCUT2D eigenvalue weighted by Gasteiger charge is -2.31. The van der Waals surface area contributed by atoms with Crippen LogP contribution in [0.15, 0.2) is 48.7 Å². The van der Waals surface area contributed by atoms with E-state index < -0.39 is 0 Å². The number of hydrogen-bond donors (Lipinski definition) is 1. The summed E-state index contributed by atoms with van der Waals surface area (Å²) in [5, 5.41) is 3.50. The lowest BCUT2D eigenvalue weighted by molar-refractivity contribution is 0.108. The molecule has 1 fully saturated rings. The van der Waals surface area contributed by atoms with Crippen molar-refractivity contribution in [2.24, 2.45) is 11.8 Å². The van der Waals surface area contributed by atoms with Crippen molar-refractivity contribution in [2.45, 2.75) is 32.8 Å². The van der Waals surface area contributed by atoms with Crippen LogP contribution in [0.2, 0.25) is 0 Å². The highest BCUT2D eigenvalue weighted by Crippen LogP contribution is 2.35. The molecule has 2 aromatic rings. The Morgan fingerprint density at radius 3 is 2.72 bits per heavy atom. The van der Waals surface area contributed by atoms with Crippen LogP contribution in [0.1, 0.15) is 38.4 Å². The second kappa shape index (κ2) is 8.86. The van der Waals surface area contributed by atoms with Gasteiger partial charge in [0.25, 0.3) is 5.88 Å². The SMILES string of the molecule is CC(C)COc1ncccc1OC(c1ccccc1)C1CCCNC1. The summed E-state index contributed by atoms with van der Waals surface area (Å²) in [7, 11) is 0. The third-order valence-corrected chi connectivity index (χ3v) is 4.43. The number of nitrogens with one attached hydrogen (secondary N) is 1. The van der Waals surface area contributed by atoms with Gasteiger partial charge in [0.2, 0.25) is 0 Å². The lowest BCUT2D eigenvalue weighted by atomic mass is 9.89. The fourth-order valence-corrected chi connectivity index (χ4v) is 3.17. The Morgan fingerprint density at radius 2 is 2.00 bits per heavy atom. The maximum atomic E-state index is 6.48. The van der Waals surface area contributed by atoms with Crippen molar-refractivity contribution >= 4 is 0 Å². The summed E-state index contributed by atoms with van der Waals surface area (Å²) in [6, 6.07) is 14.3. The molecule has 1 aromatic carbocycles. The molecule has 134 valence electrons. The molecule has 0 bridgehead atoms. The largest absolute Gasteiger partial charge is 0.480 e. The minimum Gasteiger partial charge on any atom is -0.480 e. The summed E-state index contributed by atoms with van der Waals surface area (Å²) in [5.74, 6) is 2.19. The van der Waals surface area contributed by atoms with Crippen LogP contribution in [0, 0.1) is 11.8 Å². The molecule has 1 aliphatic rings. The Morgan fingerprint density at radius 1 is 1.16 bits per heavy atom. The van der Waals surface area contributed by atoms with E-state index in [0.29, 0.717) is 24.3 Å². The van der Waals surface area contributed by atoms with Gasteiger partial charge < -0.3 is 14.8 Å². The number of benzene rings is 1. The monoisotopic (exact) mass is 340 g/mol.